The van der Waals surface area contributed by atoms with E-state index >= 15 is 0 Å². The third-order valence-corrected chi connectivity index (χ3v) is 3.00. The maximum atomic E-state index is 12.1. The zero-order valence-electron chi connectivity index (χ0n) is 9.39. The summed E-state index contributed by atoms with van der Waals surface area (Å²) >= 11 is 0. The molecule has 1 aromatic heterocycles. The summed E-state index contributed by atoms with van der Waals surface area (Å²) in [7, 11) is 0. The van der Waals surface area contributed by atoms with Gasteiger partial charge in [-0.05, 0) is 19.3 Å². The number of hydrogen-bond acceptors (Lipinski definition) is 4. The molecule has 1 saturated heterocycles. The van der Waals surface area contributed by atoms with Gasteiger partial charge in [0.15, 0.2) is 0 Å². The van der Waals surface area contributed by atoms with Gasteiger partial charge in [-0.15, -0.1) is 0 Å². The van der Waals surface area contributed by atoms with Gasteiger partial charge < -0.3 is 10.6 Å². The highest BCUT2D eigenvalue weighted by Gasteiger charge is 2.28. The number of amides is 1. The number of nitrogens with two attached hydrogens (primary N) is 1. The molecule has 1 fully saturated rings. The van der Waals surface area contributed by atoms with Gasteiger partial charge in [0.1, 0.15) is 11.5 Å². The van der Waals surface area contributed by atoms with E-state index in [-0.39, 0.29) is 5.91 Å². The number of carbonyl (C=O) groups is 1. The lowest BCUT2D eigenvalue weighted by Crippen LogP contribution is -2.35. The first-order valence-electron chi connectivity index (χ1n) is 5.61. The van der Waals surface area contributed by atoms with Crippen molar-refractivity contribution in [3.05, 3.63) is 18.1 Å². The van der Waals surface area contributed by atoms with Crippen LogP contribution in [-0.4, -0.2) is 33.4 Å². The molecular weight excluding hydrogens is 204 g/mol. The number of nitrogen functional groups attached to an aromatic ring is 1. The Balaban J connectivity index is 2.15. The predicted octanol–water partition coefficient (Wildman–Crippen LogP) is 1.07. The number of rotatable bonds is 2. The molecule has 5 nitrogen and oxygen atoms in total. The van der Waals surface area contributed by atoms with Crippen molar-refractivity contribution in [2.24, 2.45) is 0 Å². The maximum absolute atomic E-state index is 12.1. The molecule has 1 aliphatic rings. The van der Waals surface area contributed by atoms with E-state index in [0.29, 0.717) is 17.6 Å². The molecule has 2 N–H and O–H groups in total. The highest BCUT2D eigenvalue weighted by Crippen LogP contribution is 2.21. The maximum Gasteiger partial charge on any atom is 0.274 e. The van der Waals surface area contributed by atoms with Crippen LogP contribution >= 0.6 is 0 Å². The lowest BCUT2D eigenvalue weighted by Gasteiger charge is -2.22. The molecule has 86 valence electrons. The summed E-state index contributed by atoms with van der Waals surface area (Å²) < 4.78 is 0. The van der Waals surface area contributed by atoms with Crippen LogP contribution in [0.3, 0.4) is 0 Å². The van der Waals surface area contributed by atoms with Crippen molar-refractivity contribution in [1.82, 2.24) is 14.9 Å². The quantitative estimate of drug-likeness (QED) is 0.809. The molecule has 2 rings (SSSR count). The van der Waals surface area contributed by atoms with E-state index in [9.17, 15) is 4.79 Å². The molecule has 1 unspecified atom stereocenters. The molecule has 0 bridgehead atoms. The summed E-state index contributed by atoms with van der Waals surface area (Å²) in [4.78, 5) is 21.9. The minimum atomic E-state index is -0.0307. The Hall–Kier alpha value is -1.65. The first-order chi connectivity index (χ1) is 7.72. The zero-order valence-corrected chi connectivity index (χ0v) is 9.39. The Morgan fingerprint density at radius 2 is 2.38 bits per heavy atom. The number of hydrogen-bond donors (Lipinski definition) is 1. The molecule has 0 aromatic carbocycles. The van der Waals surface area contributed by atoms with Gasteiger partial charge in [0.2, 0.25) is 0 Å². The minimum Gasteiger partial charge on any atom is -0.382 e. The van der Waals surface area contributed by atoms with Gasteiger partial charge in [0.05, 0.1) is 12.4 Å². The van der Waals surface area contributed by atoms with Crippen LogP contribution in [0.2, 0.25) is 0 Å². The van der Waals surface area contributed by atoms with Crippen LogP contribution in [0.15, 0.2) is 12.4 Å². The summed E-state index contributed by atoms with van der Waals surface area (Å²) in [5.41, 5.74) is 5.82. The highest BCUT2D eigenvalue weighted by molar-refractivity contribution is 5.92. The van der Waals surface area contributed by atoms with E-state index in [1.165, 1.54) is 12.4 Å². The minimum absolute atomic E-state index is 0.0307. The molecule has 16 heavy (non-hydrogen) atoms. The Labute approximate surface area is 94.7 Å². The van der Waals surface area contributed by atoms with Crippen LogP contribution in [0.1, 0.15) is 36.7 Å². The normalized spacial score (nSPS) is 20.1. The molecule has 0 saturated carbocycles. The second kappa shape index (κ2) is 4.47. The highest BCUT2D eigenvalue weighted by atomic mass is 16.2. The van der Waals surface area contributed by atoms with Crippen molar-refractivity contribution in [2.75, 3.05) is 12.3 Å². The summed E-state index contributed by atoms with van der Waals surface area (Å²) in [6.45, 7) is 2.92. The van der Waals surface area contributed by atoms with Crippen molar-refractivity contribution >= 4 is 11.7 Å². The van der Waals surface area contributed by atoms with Gasteiger partial charge >= 0.3 is 0 Å². The lowest BCUT2D eigenvalue weighted by atomic mass is 10.1. The van der Waals surface area contributed by atoms with Crippen LogP contribution in [0.5, 0.6) is 0 Å². The van der Waals surface area contributed by atoms with Crippen LogP contribution in [-0.2, 0) is 0 Å². The fourth-order valence-electron chi connectivity index (χ4n) is 2.12. The number of anilines is 1. The predicted molar refractivity (Wildman–Crippen MR) is 60.8 cm³/mol. The van der Waals surface area contributed by atoms with Crippen LogP contribution < -0.4 is 5.73 Å². The second-order valence-corrected chi connectivity index (χ2v) is 4.03. The molecule has 0 aliphatic carbocycles. The van der Waals surface area contributed by atoms with Crippen molar-refractivity contribution in [2.45, 2.75) is 32.2 Å². The van der Waals surface area contributed by atoms with Gasteiger partial charge in [0.25, 0.3) is 5.91 Å². The molecular formula is C11H16N4O. The molecule has 2 heterocycles. The lowest BCUT2D eigenvalue weighted by molar-refractivity contribution is 0.0727. The molecule has 1 aliphatic heterocycles. The van der Waals surface area contributed by atoms with Crippen molar-refractivity contribution in [3.8, 4) is 0 Å². The van der Waals surface area contributed by atoms with Crippen LogP contribution in [0, 0.1) is 0 Å². The largest absolute Gasteiger partial charge is 0.382 e. The average molecular weight is 220 g/mol. The number of aromatic nitrogens is 2. The van der Waals surface area contributed by atoms with E-state index in [1.807, 2.05) is 4.90 Å². The van der Waals surface area contributed by atoms with Gasteiger partial charge in [-0.25, -0.2) is 9.97 Å². The number of likely N-dealkylation sites (tertiary alicyclic amines) is 1. The Morgan fingerprint density at radius 3 is 3.00 bits per heavy atom. The van der Waals surface area contributed by atoms with Gasteiger partial charge in [-0.1, -0.05) is 6.92 Å². The smallest absolute Gasteiger partial charge is 0.274 e. The van der Waals surface area contributed by atoms with Crippen molar-refractivity contribution in [1.29, 1.82) is 0 Å². The van der Waals surface area contributed by atoms with Crippen molar-refractivity contribution in [3.63, 3.8) is 0 Å². The third-order valence-electron chi connectivity index (χ3n) is 3.00. The number of nitrogens with zero attached hydrogens (tertiary/aromatic N) is 3. The topological polar surface area (TPSA) is 72.1 Å². The third kappa shape index (κ3) is 1.98. The fourth-order valence-corrected chi connectivity index (χ4v) is 2.12. The molecule has 1 atom stereocenters. The average Bonchev–Trinajstić information content (AvgIpc) is 2.77. The standard InChI is InChI=1S/C11H16N4O/c1-2-8-4-3-5-15(8)11(16)9-6-14-10(12)7-13-9/h6-8H,2-5H2,1H3,(H2,12,14). The molecule has 5 heteroatoms. The molecule has 1 aromatic rings. The second-order valence-electron chi connectivity index (χ2n) is 4.03. The number of carbonyl (C=O) groups excluding carboxylic acids is 1. The van der Waals surface area contributed by atoms with E-state index < -0.39 is 0 Å². The van der Waals surface area contributed by atoms with E-state index in [0.717, 1.165) is 25.8 Å². The van der Waals surface area contributed by atoms with E-state index in [1.54, 1.807) is 0 Å². The van der Waals surface area contributed by atoms with E-state index in [2.05, 4.69) is 16.9 Å². The summed E-state index contributed by atoms with van der Waals surface area (Å²) in [6.07, 6.45) is 6.03. The molecule has 0 spiro atoms. The Kier molecular flexibility index (Phi) is 3.03. The van der Waals surface area contributed by atoms with Crippen LogP contribution in [0.4, 0.5) is 5.82 Å². The van der Waals surface area contributed by atoms with Gasteiger partial charge in [0, 0.05) is 12.6 Å². The van der Waals surface area contributed by atoms with Crippen LogP contribution in [0.25, 0.3) is 0 Å². The SMILES string of the molecule is CCC1CCCN1C(=O)c1cnc(N)cn1. The fraction of sp³-hybridized carbons (Fsp3) is 0.545. The van der Waals surface area contributed by atoms with E-state index in [4.69, 9.17) is 5.73 Å². The van der Waals surface area contributed by atoms with Gasteiger partial charge in [-0.2, -0.15) is 0 Å². The summed E-state index contributed by atoms with van der Waals surface area (Å²) in [5, 5.41) is 0. The summed E-state index contributed by atoms with van der Waals surface area (Å²) in [6, 6.07) is 0.354. The first kappa shape index (κ1) is 10.9. The van der Waals surface area contributed by atoms with Gasteiger partial charge in [-0.3, -0.25) is 4.79 Å². The monoisotopic (exact) mass is 220 g/mol. The molecule has 0 radical (unpaired) electrons. The Bertz CT molecular complexity index is 376. The Morgan fingerprint density at radius 1 is 1.56 bits per heavy atom. The summed E-state index contributed by atoms with van der Waals surface area (Å²) in [5.74, 6) is 0.307. The zero-order chi connectivity index (χ0) is 11.5. The first-order valence-corrected chi connectivity index (χ1v) is 5.61. The van der Waals surface area contributed by atoms with Crippen molar-refractivity contribution < 1.29 is 4.79 Å². The molecule has 1 amide bonds.